The Bertz CT molecular complexity index is 414. The topological polar surface area (TPSA) is 48.2 Å². The van der Waals surface area contributed by atoms with E-state index < -0.39 is 0 Å². The van der Waals surface area contributed by atoms with Gasteiger partial charge < -0.3 is 17.9 Å². The largest absolute Gasteiger partial charge is 1.00 e. The van der Waals surface area contributed by atoms with Crippen molar-refractivity contribution in [3.05, 3.63) is 29.6 Å². The number of halogens is 1. The molecular weight excluding hydrogens is 224 g/mol. The fraction of sp³-hybridized carbons (Fsp3) is 0.111. The maximum absolute atomic E-state index is 12.8. The Kier molecular flexibility index (Phi) is 6.45. The third-order valence-corrected chi connectivity index (χ3v) is 1.75. The minimum atomic E-state index is -0.380. The first-order chi connectivity index (χ1) is 6.63. The SMILES string of the molecule is Cc1ccc(F)cc1N=C([S-])NC#N.[Na+]. The molecule has 0 amide bonds. The van der Waals surface area contributed by atoms with Crippen LogP contribution in [0.25, 0.3) is 0 Å². The molecule has 0 unspecified atom stereocenters. The standard InChI is InChI=1S/C9H8FN3S.Na/c1-6-2-3-7(10)4-8(6)13-9(14)12-5-11;/h2-4H,1H3,(H2,12,13,14);/q;+1/p-1. The van der Waals surface area contributed by atoms with Gasteiger partial charge in [0.1, 0.15) is 5.82 Å². The van der Waals surface area contributed by atoms with Gasteiger partial charge in [-0.15, -0.1) is 0 Å². The van der Waals surface area contributed by atoms with Gasteiger partial charge in [0.25, 0.3) is 0 Å². The summed E-state index contributed by atoms with van der Waals surface area (Å²) < 4.78 is 12.8. The molecule has 0 bridgehead atoms. The predicted molar refractivity (Wildman–Crippen MR) is 54.3 cm³/mol. The quantitative estimate of drug-likeness (QED) is 0.164. The van der Waals surface area contributed by atoms with Crippen molar-refractivity contribution in [2.75, 3.05) is 0 Å². The summed E-state index contributed by atoms with van der Waals surface area (Å²) in [7, 11) is 0. The van der Waals surface area contributed by atoms with Gasteiger partial charge in [0, 0.05) is 0 Å². The van der Waals surface area contributed by atoms with Crippen LogP contribution in [0.5, 0.6) is 0 Å². The first-order valence-corrected chi connectivity index (χ1v) is 4.21. The second-order valence-corrected chi connectivity index (χ2v) is 2.97. The van der Waals surface area contributed by atoms with Gasteiger partial charge in [-0.25, -0.2) is 4.39 Å². The fourth-order valence-electron chi connectivity index (χ4n) is 0.888. The molecule has 0 radical (unpaired) electrons. The molecule has 15 heavy (non-hydrogen) atoms. The molecule has 3 nitrogen and oxygen atoms in total. The van der Waals surface area contributed by atoms with Crippen molar-refractivity contribution < 1.29 is 33.9 Å². The normalized spacial score (nSPS) is 10.1. The predicted octanol–water partition coefficient (Wildman–Crippen LogP) is -1.26. The number of nitriles is 1. The molecule has 0 aliphatic heterocycles. The number of rotatable bonds is 1. The average Bonchev–Trinajstić information content (AvgIpc) is 2.12. The van der Waals surface area contributed by atoms with Crippen molar-refractivity contribution in [2.24, 2.45) is 4.99 Å². The van der Waals surface area contributed by atoms with Crippen LogP contribution in [0.4, 0.5) is 10.1 Å². The van der Waals surface area contributed by atoms with Crippen LogP contribution in [0, 0.1) is 24.2 Å². The monoisotopic (exact) mass is 231 g/mol. The molecule has 1 N–H and O–H groups in total. The molecule has 72 valence electrons. The van der Waals surface area contributed by atoms with E-state index in [4.69, 9.17) is 17.9 Å². The number of amidine groups is 1. The van der Waals surface area contributed by atoms with Crippen LogP contribution in [0.1, 0.15) is 5.56 Å². The van der Waals surface area contributed by atoms with Crippen molar-refractivity contribution in [1.82, 2.24) is 5.32 Å². The van der Waals surface area contributed by atoms with Crippen LogP contribution in [0.3, 0.4) is 0 Å². The van der Waals surface area contributed by atoms with Gasteiger partial charge in [0.15, 0.2) is 6.19 Å². The van der Waals surface area contributed by atoms with Crippen LogP contribution in [-0.4, -0.2) is 5.17 Å². The molecule has 0 fully saturated rings. The van der Waals surface area contributed by atoms with Crippen LogP contribution >= 0.6 is 0 Å². The van der Waals surface area contributed by atoms with E-state index in [1.54, 1.807) is 19.2 Å². The zero-order valence-corrected chi connectivity index (χ0v) is 11.2. The van der Waals surface area contributed by atoms with Gasteiger partial charge in [-0.2, -0.15) is 5.26 Å². The molecule has 1 aromatic carbocycles. The zero-order chi connectivity index (χ0) is 10.6. The molecule has 6 heteroatoms. The number of nitrogens with one attached hydrogen (secondary N) is 1. The van der Waals surface area contributed by atoms with E-state index in [0.717, 1.165) is 5.56 Å². The Morgan fingerprint density at radius 1 is 1.60 bits per heavy atom. The van der Waals surface area contributed by atoms with Gasteiger partial charge in [0.05, 0.1) is 5.69 Å². The van der Waals surface area contributed by atoms with Crippen LogP contribution < -0.4 is 34.9 Å². The summed E-state index contributed by atoms with van der Waals surface area (Å²) >= 11 is 4.72. The first-order valence-electron chi connectivity index (χ1n) is 3.80. The van der Waals surface area contributed by atoms with Crippen LogP contribution in [0.2, 0.25) is 0 Å². The number of nitrogens with zero attached hydrogens (tertiary/aromatic N) is 2. The number of aliphatic imine (C=N–C) groups is 1. The van der Waals surface area contributed by atoms with Gasteiger partial charge in [-0.05, 0) is 29.8 Å². The van der Waals surface area contributed by atoms with E-state index in [2.05, 4.69) is 10.3 Å². The van der Waals surface area contributed by atoms with Crippen molar-refractivity contribution in [1.29, 1.82) is 5.26 Å². The third-order valence-electron chi connectivity index (χ3n) is 1.56. The van der Waals surface area contributed by atoms with E-state index in [1.165, 1.54) is 12.1 Å². The average molecular weight is 231 g/mol. The van der Waals surface area contributed by atoms with Crippen molar-refractivity contribution >= 4 is 23.5 Å². The van der Waals surface area contributed by atoms with E-state index in [0.29, 0.717) is 5.69 Å². The molecule has 0 saturated heterocycles. The molecule has 0 atom stereocenters. The molecule has 0 saturated carbocycles. The van der Waals surface area contributed by atoms with E-state index in [9.17, 15) is 4.39 Å². The summed E-state index contributed by atoms with van der Waals surface area (Å²) in [6, 6.07) is 4.21. The minimum Gasteiger partial charge on any atom is -0.742 e. The Hall–Kier alpha value is -0.670. The summed E-state index contributed by atoms with van der Waals surface area (Å²) in [5, 5.41) is 10.5. The van der Waals surface area contributed by atoms with Gasteiger partial charge in [-0.3, -0.25) is 4.99 Å². The number of benzene rings is 1. The second-order valence-electron chi connectivity index (χ2n) is 2.58. The molecule has 0 aromatic heterocycles. The van der Waals surface area contributed by atoms with Crippen LogP contribution in [-0.2, 0) is 12.6 Å². The maximum Gasteiger partial charge on any atom is 1.00 e. The Labute approximate surface area is 115 Å². The first kappa shape index (κ1) is 14.3. The van der Waals surface area contributed by atoms with Crippen molar-refractivity contribution in [3.8, 4) is 6.19 Å². The maximum atomic E-state index is 12.8. The summed E-state index contributed by atoms with van der Waals surface area (Å²) in [5.74, 6) is -0.380. The smallest absolute Gasteiger partial charge is 0.742 e. The van der Waals surface area contributed by atoms with E-state index in [-0.39, 0.29) is 40.5 Å². The van der Waals surface area contributed by atoms with Gasteiger partial charge in [0.2, 0.25) is 0 Å². The van der Waals surface area contributed by atoms with Gasteiger partial charge >= 0.3 is 29.6 Å². The number of hydrogen-bond acceptors (Lipinski definition) is 3. The molecule has 0 aliphatic rings. The van der Waals surface area contributed by atoms with Crippen LogP contribution in [0.15, 0.2) is 23.2 Å². The summed E-state index contributed by atoms with van der Waals surface area (Å²) in [6.45, 7) is 1.78. The van der Waals surface area contributed by atoms with E-state index >= 15 is 0 Å². The van der Waals surface area contributed by atoms with Gasteiger partial charge in [-0.1, -0.05) is 6.07 Å². The Morgan fingerprint density at radius 3 is 2.87 bits per heavy atom. The summed E-state index contributed by atoms with van der Waals surface area (Å²) in [6.07, 6.45) is 1.64. The van der Waals surface area contributed by atoms with Crippen molar-refractivity contribution in [2.45, 2.75) is 6.92 Å². The Balaban J connectivity index is 0.00000196. The summed E-state index contributed by atoms with van der Waals surface area (Å²) in [5.41, 5.74) is 1.23. The molecule has 1 rings (SSSR count). The number of hydrogen-bond donors (Lipinski definition) is 1. The second kappa shape index (κ2) is 6.75. The molecular formula is C9H7FN3NaS. The third kappa shape index (κ3) is 4.58. The fourth-order valence-corrected chi connectivity index (χ4v) is 1.03. The molecule has 0 spiro atoms. The Morgan fingerprint density at radius 2 is 2.27 bits per heavy atom. The molecule has 0 aliphatic carbocycles. The van der Waals surface area contributed by atoms with E-state index in [1.807, 2.05) is 0 Å². The number of aryl methyl sites for hydroxylation is 1. The minimum absolute atomic E-state index is 0. The zero-order valence-electron chi connectivity index (χ0n) is 8.41. The molecule has 1 aromatic rings. The molecule has 0 heterocycles. The summed E-state index contributed by atoms with van der Waals surface area (Å²) in [4.78, 5) is 3.87. The van der Waals surface area contributed by atoms with Crippen molar-refractivity contribution in [3.63, 3.8) is 0 Å².